The maximum absolute atomic E-state index is 5.96. The van der Waals surface area contributed by atoms with Crippen molar-refractivity contribution in [2.24, 2.45) is 5.92 Å². The minimum Gasteiger partial charge on any atom is -0.491 e. The zero-order valence-corrected chi connectivity index (χ0v) is 14.1. The fourth-order valence-electron chi connectivity index (χ4n) is 2.39. The number of benzene rings is 1. The largest absolute Gasteiger partial charge is 0.491 e. The fourth-order valence-corrected chi connectivity index (χ4v) is 2.39. The number of likely N-dealkylation sites (N-methyl/N-ethyl adjacent to an activating group) is 1. The molecule has 0 aliphatic carbocycles. The molecule has 0 aliphatic rings. The van der Waals surface area contributed by atoms with E-state index in [0.29, 0.717) is 24.3 Å². The number of anilines is 2. The number of rotatable bonds is 9. The molecule has 0 spiro atoms. The first kappa shape index (κ1) is 17.6. The molecule has 4 nitrogen and oxygen atoms in total. The van der Waals surface area contributed by atoms with Crippen LogP contribution in [0.5, 0.6) is 5.75 Å². The molecule has 0 bridgehead atoms. The molecule has 0 fully saturated rings. The monoisotopic (exact) mass is 293 g/mol. The van der Waals surface area contributed by atoms with Crippen LogP contribution in [0, 0.1) is 5.92 Å². The average Bonchev–Trinajstić information content (AvgIpc) is 2.37. The fraction of sp³-hybridized carbons (Fsp3) is 0.647. The standard InChI is InChI=1S/C17H31N3O/c1-6-9-21-17-11-14(7-8-16(17)18)19-15(10-13(2)3)12-20(4)5/h7-8,11,13,15,19H,6,9-10,12,18H2,1-5H3. The molecular weight excluding hydrogens is 262 g/mol. The van der Waals surface area contributed by atoms with E-state index in [2.05, 4.69) is 45.1 Å². The van der Waals surface area contributed by atoms with Crippen LogP contribution in [0.15, 0.2) is 18.2 Å². The average molecular weight is 293 g/mol. The van der Waals surface area contributed by atoms with E-state index in [1.807, 2.05) is 18.2 Å². The molecule has 1 aromatic rings. The predicted molar refractivity (Wildman–Crippen MR) is 92.1 cm³/mol. The highest BCUT2D eigenvalue weighted by atomic mass is 16.5. The van der Waals surface area contributed by atoms with Crippen LogP contribution in [0.3, 0.4) is 0 Å². The van der Waals surface area contributed by atoms with E-state index >= 15 is 0 Å². The molecule has 120 valence electrons. The maximum atomic E-state index is 5.96. The van der Waals surface area contributed by atoms with E-state index in [9.17, 15) is 0 Å². The summed E-state index contributed by atoms with van der Waals surface area (Å²) < 4.78 is 5.69. The normalized spacial score (nSPS) is 12.7. The summed E-state index contributed by atoms with van der Waals surface area (Å²) in [6.07, 6.45) is 2.11. The lowest BCUT2D eigenvalue weighted by molar-refractivity contribution is 0.319. The number of ether oxygens (including phenoxy) is 1. The Kier molecular flexibility index (Phi) is 7.37. The first-order valence-corrected chi connectivity index (χ1v) is 7.86. The zero-order valence-electron chi connectivity index (χ0n) is 14.1. The van der Waals surface area contributed by atoms with Gasteiger partial charge in [-0.15, -0.1) is 0 Å². The van der Waals surface area contributed by atoms with Crippen LogP contribution >= 0.6 is 0 Å². The molecule has 1 aromatic carbocycles. The Labute approximate surface area is 129 Å². The van der Waals surface area contributed by atoms with Crippen molar-refractivity contribution in [2.75, 3.05) is 38.3 Å². The van der Waals surface area contributed by atoms with Gasteiger partial charge in [0.2, 0.25) is 0 Å². The topological polar surface area (TPSA) is 50.5 Å². The molecule has 0 aliphatic heterocycles. The van der Waals surface area contributed by atoms with Gasteiger partial charge in [-0.1, -0.05) is 20.8 Å². The second kappa shape index (κ2) is 8.78. The lowest BCUT2D eigenvalue weighted by Gasteiger charge is -2.25. The summed E-state index contributed by atoms with van der Waals surface area (Å²) in [5.41, 5.74) is 7.73. The van der Waals surface area contributed by atoms with E-state index in [0.717, 1.165) is 30.8 Å². The van der Waals surface area contributed by atoms with Crippen LogP contribution in [0.4, 0.5) is 11.4 Å². The smallest absolute Gasteiger partial charge is 0.144 e. The summed E-state index contributed by atoms with van der Waals surface area (Å²) in [7, 11) is 4.21. The summed E-state index contributed by atoms with van der Waals surface area (Å²) in [5, 5.41) is 3.61. The Morgan fingerprint density at radius 1 is 1.29 bits per heavy atom. The van der Waals surface area contributed by atoms with Gasteiger partial charge >= 0.3 is 0 Å². The summed E-state index contributed by atoms with van der Waals surface area (Å²) in [6.45, 7) is 8.30. The molecule has 1 rings (SSSR count). The highest BCUT2D eigenvalue weighted by molar-refractivity contribution is 5.61. The number of nitrogens with zero attached hydrogens (tertiary/aromatic N) is 1. The van der Waals surface area contributed by atoms with Crippen molar-refractivity contribution in [1.82, 2.24) is 4.90 Å². The Balaban J connectivity index is 2.77. The van der Waals surface area contributed by atoms with Crippen molar-refractivity contribution in [3.05, 3.63) is 18.2 Å². The van der Waals surface area contributed by atoms with Crippen molar-refractivity contribution in [3.8, 4) is 5.75 Å². The van der Waals surface area contributed by atoms with Crippen molar-refractivity contribution in [2.45, 2.75) is 39.7 Å². The van der Waals surface area contributed by atoms with Gasteiger partial charge in [0, 0.05) is 24.3 Å². The van der Waals surface area contributed by atoms with E-state index in [1.54, 1.807) is 0 Å². The van der Waals surface area contributed by atoms with Crippen LogP contribution in [0.1, 0.15) is 33.6 Å². The Hall–Kier alpha value is -1.42. The van der Waals surface area contributed by atoms with Gasteiger partial charge in [-0.3, -0.25) is 0 Å². The molecule has 1 unspecified atom stereocenters. The molecule has 0 aromatic heterocycles. The van der Waals surface area contributed by atoms with Gasteiger partial charge in [0.1, 0.15) is 5.75 Å². The highest BCUT2D eigenvalue weighted by Crippen LogP contribution is 2.26. The van der Waals surface area contributed by atoms with Gasteiger partial charge in [0.15, 0.2) is 0 Å². The molecule has 1 atom stereocenters. The molecule has 0 saturated carbocycles. The van der Waals surface area contributed by atoms with Crippen LogP contribution in [0.25, 0.3) is 0 Å². The quantitative estimate of drug-likeness (QED) is 0.685. The number of nitrogens with two attached hydrogens (primary N) is 1. The van der Waals surface area contributed by atoms with E-state index in [4.69, 9.17) is 10.5 Å². The Bertz CT molecular complexity index is 408. The summed E-state index contributed by atoms with van der Waals surface area (Å²) in [5.74, 6) is 1.43. The third-order valence-electron chi connectivity index (χ3n) is 3.19. The van der Waals surface area contributed by atoms with Crippen LogP contribution < -0.4 is 15.8 Å². The molecule has 0 radical (unpaired) electrons. The molecule has 4 heteroatoms. The predicted octanol–water partition coefficient (Wildman–Crippen LogP) is 3.45. The Morgan fingerprint density at radius 3 is 2.57 bits per heavy atom. The maximum Gasteiger partial charge on any atom is 0.144 e. The zero-order chi connectivity index (χ0) is 15.8. The van der Waals surface area contributed by atoms with Crippen molar-refractivity contribution in [3.63, 3.8) is 0 Å². The molecule has 0 saturated heterocycles. The summed E-state index contributed by atoms with van der Waals surface area (Å²) >= 11 is 0. The SMILES string of the molecule is CCCOc1cc(NC(CC(C)C)CN(C)C)ccc1N. The third-order valence-corrected chi connectivity index (χ3v) is 3.19. The Morgan fingerprint density at radius 2 is 2.00 bits per heavy atom. The second-order valence-electron chi connectivity index (χ2n) is 6.33. The van der Waals surface area contributed by atoms with Gasteiger partial charge in [0.25, 0.3) is 0 Å². The van der Waals surface area contributed by atoms with Crippen LogP contribution in [-0.2, 0) is 0 Å². The minimum atomic E-state index is 0.419. The van der Waals surface area contributed by atoms with Gasteiger partial charge in [-0.2, -0.15) is 0 Å². The van der Waals surface area contributed by atoms with Crippen LogP contribution in [0.2, 0.25) is 0 Å². The first-order chi connectivity index (χ1) is 9.92. The highest BCUT2D eigenvalue weighted by Gasteiger charge is 2.13. The second-order valence-corrected chi connectivity index (χ2v) is 6.33. The van der Waals surface area contributed by atoms with Gasteiger partial charge in [-0.05, 0) is 45.0 Å². The van der Waals surface area contributed by atoms with Gasteiger partial charge < -0.3 is 20.7 Å². The minimum absolute atomic E-state index is 0.419. The summed E-state index contributed by atoms with van der Waals surface area (Å²) in [6, 6.07) is 6.36. The van der Waals surface area contributed by atoms with Crippen molar-refractivity contribution in [1.29, 1.82) is 0 Å². The van der Waals surface area contributed by atoms with Gasteiger partial charge in [-0.25, -0.2) is 0 Å². The number of hydrogen-bond acceptors (Lipinski definition) is 4. The molecule has 3 N–H and O–H groups in total. The van der Waals surface area contributed by atoms with Crippen molar-refractivity contribution < 1.29 is 4.74 Å². The number of nitrogen functional groups attached to an aromatic ring is 1. The molecular formula is C17H31N3O. The molecule has 0 amide bonds. The number of nitrogens with one attached hydrogen (secondary N) is 1. The van der Waals surface area contributed by atoms with E-state index in [-0.39, 0.29) is 0 Å². The molecule has 0 heterocycles. The number of hydrogen-bond donors (Lipinski definition) is 2. The lowest BCUT2D eigenvalue weighted by Crippen LogP contribution is -2.33. The van der Waals surface area contributed by atoms with E-state index in [1.165, 1.54) is 0 Å². The van der Waals surface area contributed by atoms with Gasteiger partial charge in [0.05, 0.1) is 12.3 Å². The van der Waals surface area contributed by atoms with Crippen LogP contribution in [-0.4, -0.2) is 38.2 Å². The first-order valence-electron chi connectivity index (χ1n) is 7.86. The summed E-state index contributed by atoms with van der Waals surface area (Å²) in [4.78, 5) is 2.21. The third kappa shape index (κ3) is 6.71. The lowest BCUT2D eigenvalue weighted by atomic mass is 10.0. The molecule has 21 heavy (non-hydrogen) atoms. The van der Waals surface area contributed by atoms with Crippen molar-refractivity contribution >= 4 is 11.4 Å². The van der Waals surface area contributed by atoms with E-state index < -0.39 is 0 Å².